The molecule has 1 unspecified atom stereocenters. The highest BCUT2D eigenvalue weighted by atomic mass is 19.3. The molecule has 0 heterocycles. The summed E-state index contributed by atoms with van der Waals surface area (Å²) in [6.45, 7) is 1.83. The Hall–Kier alpha value is -0.670. The molecular weight excluding hydrogens is 202 g/mol. The fourth-order valence-electron chi connectivity index (χ4n) is 2.99. The molecule has 0 saturated heterocycles. The van der Waals surface area contributed by atoms with Crippen LogP contribution in [0.1, 0.15) is 32.6 Å². The van der Waals surface area contributed by atoms with Crippen molar-refractivity contribution in [2.24, 2.45) is 17.8 Å². The van der Waals surface area contributed by atoms with Gasteiger partial charge in [0.15, 0.2) is 0 Å². The van der Waals surface area contributed by atoms with E-state index in [9.17, 15) is 13.6 Å². The Balaban J connectivity index is 2.18. The Morgan fingerprint density at radius 1 is 1.33 bits per heavy atom. The second kappa shape index (κ2) is 3.72. The van der Waals surface area contributed by atoms with E-state index in [1.165, 1.54) is 0 Å². The summed E-state index contributed by atoms with van der Waals surface area (Å²) >= 11 is 0. The lowest BCUT2D eigenvalue weighted by Gasteiger charge is -2.46. The summed E-state index contributed by atoms with van der Waals surface area (Å²) in [5.74, 6) is -5.48. The van der Waals surface area contributed by atoms with Gasteiger partial charge in [-0.05, 0) is 38.5 Å². The van der Waals surface area contributed by atoms with Gasteiger partial charge in [-0.1, -0.05) is 0 Å². The van der Waals surface area contributed by atoms with E-state index in [2.05, 4.69) is 0 Å². The number of fused-ring (bicyclic) bond motifs is 3. The Morgan fingerprint density at radius 3 is 2.40 bits per heavy atom. The van der Waals surface area contributed by atoms with Crippen LogP contribution in [0.15, 0.2) is 0 Å². The number of hydrogen-bond acceptors (Lipinski definition) is 2. The van der Waals surface area contributed by atoms with E-state index >= 15 is 0 Å². The van der Waals surface area contributed by atoms with Crippen LogP contribution in [-0.2, 0) is 9.53 Å². The molecule has 4 heteroatoms. The number of alkyl halides is 2. The molecule has 1 atom stereocenters. The van der Waals surface area contributed by atoms with Crippen LogP contribution in [0.3, 0.4) is 0 Å². The Kier molecular flexibility index (Phi) is 2.69. The average Bonchev–Trinajstić information content (AvgIpc) is 2.18. The number of rotatable bonds is 2. The van der Waals surface area contributed by atoms with Gasteiger partial charge in [0, 0.05) is 5.92 Å². The zero-order chi connectivity index (χ0) is 11.1. The first-order valence-electron chi connectivity index (χ1n) is 5.61. The van der Waals surface area contributed by atoms with Gasteiger partial charge in [-0.2, -0.15) is 0 Å². The minimum absolute atomic E-state index is 0.163. The van der Waals surface area contributed by atoms with Crippen LogP contribution in [0.4, 0.5) is 8.78 Å². The molecule has 0 aromatic rings. The van der Waals surface area contributed by atoms with Gasteiger partial charge in [0.05, 0.1) is 6.61 Å². The first-order valence-corrected chi connectivity index (χ1v) is 5.61. The molecule has 3 saturated carbocycles. The molecule has 3 fully saturated rings. The number of halogens is 2. The van der Waals surface area contributed by atoms with Crippen molar-refractivity contribution in [3.63, 3.8) is 0 Å². The summed E-state index contributed by atoms with van der Waals surface area (Å²) in [7, 11) is 0. The van der Waals surface area contributed by atoms with E-state index in [0.717, 1.165) is 12.8 Å². The van der Waals surface area contributed by atoms with Crippen molar-refractivity contribution in [3.05, 3.63) is 0 Å². The molecule has 0 amide bonds. The number of esters is 1. The standard InChI is InChI=1S/C11H16F2O2/c1-2-15-10(14)9-7-3-5-8(6-4-7)11(9,12)13/h7-9H,2-6H2,1H3. The molecule has 3 aliphatic rings. The van der Waals surface area contributed by atoms with Gasteiger partial charge in [-0.3, -0.25) is 4.79 Å². The van der Waals surface area contributed by atoms with Gasteiger partial charge in [0.2, 0.25) is 0 Å². The first-order chi connectivity index (χ1) is 7.07. The van der Waals surface area contributed by atoms with Gasteiger partial charge in [0.25, 0.3) is 5.92 Å². The fourth-order valence-corrected chi connectivity index (χ4v) is 2.99. The van der Waals surface area contributed by atoms with E-state index in [0.29, 0.717) is 12.8 Å². The van der Waals surface area contributed by atoms with Gasteiger partial charge in [-0.15, -0.1) is 0 Å². The van der Waals surface area contributed by atoms with Gasteiger partial charge in [0.1, 0.15) is 5.92 Å². The van der Waals surface area contributed by atoms with Crippen LogP contribution < -0.4 is 0 Å². The smallest absolute Gasteiger partial charge is 0.315 e. The lowest BCUT2D eigenvalue weighted by molar-refractivity contribution is -0.203. The third kappa shape index (κ3) is 1.64. The van der Waals surface area contributed by atoms with E-state index in [-0.39, 0.29) is 12.5 Å². The zero-order valence-corrected chi connectivity index (χ0v) is 8.84. The molecule has 2 nitrogen and oxygen atoms in total. The molecule has 3 rings (SSSR count). The lowest BCUT2D eigenvalue weighted by atomic mass is 9.62. The maximum Gasteiger partial charge on any atom is 0.315 e. The van der Waals surface area contributed by atoms with E-state index in [1.54, 1.807) is 6.92 Å². The third-order valence-corrected chi connectivity index (χ3v) is 3.74. The zero-order valence-electron chi connectivity index (χ0n) is 8.84. The minimum atomic E-state index is -2.84. The van der Waals surface area contributed by atoms with Crippen molar-refractivity contribution in [2.45, 2.75) is 38.5 Å². The molecule has 0 N–H and O–H groups in total. The Bertz CT molecular complexity index is 257. The predicted octanol–water partition coefficient (Wildman–Crippen LogP) is 2.62. The predicted molar refractivity (Wildman–Crippen MR) is 50.5 cm³/mol. The topological polar surface area (TPSA) is 26.3 Å². The fraction of sp³-hybridized carbons (Fsp3) is 0.909. The third-order valence-electron chi connectivity index (χ3n) is 3.74. The quantitative estimate of drug-likeness (QED) is 0.666. The molecule has 15 heavy (non-hydrogen) atoms. The van der Waals surface area contributed by atoms with Crippen molar-refractivity contribution in [1.82, 2.24) is 0 Å². The second-order valence-electron chi connectivity index (χ2n) is 4.52. The number of carbonyl (C=O) groups is 1. The summed E-state index contributed by atoms with van der Waals surface area (Å²) in [4.78, 5) is 11.5. The van der Waals surface area contributed by atoms with Crippen LogP contribution in [-0.4, -0.2) is 18.5 Å². The number of ether oxygens (including phenoxy) is 1. The minimum Gasteiger partial charge on any atom is -0.466 e. The largest absolute Gasteiger partial charge is 0.466 e. The van der Waals surface area contributed by atoms with Crippen molar-refractivity contribution in [3.8, 4) is 0 Å². The van der Waals surface area contributed by atoms with Crippen molar-refractivity contribution >= 4 is 5.97 Å². The molecule has 2 bridgehead atoms. The summed E-state index contributed by atoms with van der Waals surface area (Å²) in [6.07, 6.45) is 2.63. The number of hydrogen-bond donors (Lipinski definition) is 0. The van der Waals surface area contributed by atoms with E-state index < -0.39 is 23.7 Å². The summed E-state index contributed by atoms with van der Waals surface area (Å²) in [5, 5.41) is 0. The normalized spacial score (nSPS) is 37.7. The van der Waals surface area contributed by atoms with Crippen LogP contribution in [0.2, 0.25) is 0 Å². The highest BCUT2D eigenvalue weighted by molar-refractivity contribution is 5.74. The molecular formula is C11H16F2O2. The van der Waals surface area contributed by atoms with Crippen molar-refractivity contribution in [1.29, 1.82) is 0 Å². The van der Waals surface area contributed by atoms with E-state index in [1.807, 2.05) is 0 Å². The Morgan fingerprint density at radius 2 is 1.93 bits per heavy atom. The van der Waals surface area contributed by atoms with Crippen LogP contribution in [0.5, 0.6) is 0 Å². The second-order valence-corrected chi connectivity index (χ2v) is 4.52. The Labute approximate surface area is 88.0 Å². The summed E-state index contributed by atoms with van der Waals surface area (Å²) in [6, 6.07) is 0. The van der Waals surface area contributed by atoms with Gasteiger partial charge >= 0.3 is 5.97 Å². The highest BCUT2D eigenvalue weighted by Gasteiger charge is 2.59. The van der Waals surface area contributed by atoms with Crippen molar-refractivity contribution < 1.29 is 18.3 Å². The number of carbonyl (C=O) groups excluding carboxylic acids is 1. The maximum absolute atomic E-state index is 13.8. The van der Waals surface area contributed by atoms with Gasteiger partial charge < -0.3 is 4.74 Å². The SMILES string of the molecule is CCOC(=O)C1C2CCC(CC2)C1(F)F. The van der Waals surface area contributed by atoms with Crippen LogP contribution in [0, 0.1) is 17.8 Å². The molecule has 0 aliphatic heterocycles. The van der Waals surface area contributed by atoms with E-state index in [4.69, 9.17) is 4.74 Å². The van der Waals surface area contributed by atoms with Gasteiger partial charge in [-0.25, -0.2) is 8.78 Å². The molecule has 0 radical (unpaired) electrons. The molecule has 86 valence electrons. The molecule has 0 spiro atoms. The summed E-state index contributed by atoms with van der Waals surface area (Å²) in [5.41, 5.74) is 0. The molecule has 0 aromatic carbocycles. The average molecular weight is 218 g/mol. The highest BCUT2D eigenvalue weighted by Crippen LogP contribution is 2.54. The van der Waals surface area contributed by atoms with Crippen LogP contribution in [0.25, 0.3) is 0 Å². The maximum atomic E-state index is 13.8. The first kappa shape index (κ1) is 10.8. The van der Waals surface area contributed by atoms with Crippen LogP contribution >= 0.6 is 0 Å². The summed E-state index contributed by atoms with van der Waals surface area (Å²) < 4.78 is 32.4. The molecule has 0 aromatic heterocycles. The monoisotopic (exact) mass is 218 g/mol. The van der Waals surface area contributed by atoms with Crippen molar-refractivity contribution in [2.75, 3.05) is 6.61 Å². The lowest BCUT2D eigenvalue weighted by Crippen LogP contribution is -2.53. The molecule has 3 aliphatic carbocycles.